The van der Waals surface area contributed by atoms with E-state index in [1.54, 1.807) is 0 Å². The molecule has 3 heteroatoms. The Kier molecular flexibility index (Phi) is 8.23. The van der Waals surface area contributed by atoms with Crippen molar-refractivity contribution in [3.8, 4) is 0 Å². The molecule has 0 bridgehead atoms. The summed E-state index contributed by atoms with van der Waals surface area (Å²) in [7, 11) is -1.99. The zero-order valence-electron chi connectivity index (χ0n) is 16.0. The number of rotatable bonds is 7. The summed E-state index contributed by atoms with van der Waals surface area (Å²) in [5.74, 6) is 0. The SMILES string of the molecule is CCC(O)C(CC)[P+](c1ccccc1)(c1ccccc1)c1ccccc1.[Br-]. The highest BCUT2D eigenvalue weighted by Crippen LogP contribution is 2.61. The minimum Gasteiger partial charge on any atom is -1.00 e. The van der Waals surface area contributed by atoms with Crippen molar-refractivity contribution in [1.29, 1.82) is 0 Å². The van der Waals surface area contributed by atoms with E-state index in [0.29, 0.717) is 0 Å². The van der Waals surface area contributed by atoms with Gasteiger partial charge in [0.1, 0.15) is 28.8 Å². The normalized spacial score (nSPS) is 13.4. The number of hydrogen-bond donors (Lipinski definition) is 1. The first-order valence-corrected chi connectivity index (χ1v) is 11.3. The maximum atomic E-state index is 11.1. The Morgan fingerprint density at radius 2 is 0.963 bits per heavy atom. The molecule has 0 saturated carbocycles. The van der Waals surface area contributed by atoms with Gasteiger partial charge in [-0.2, -0.15) is 0 Å². The Hall–Kier alpha value is -1.47. The van der Waals surface area contributed by atoms with Crippen molar-refractivity contribution in [2.75, 3.05) is 0 Å². The fraction of sp³-hybridized carbons (Fsp3) is 0.250. The third-order valence-electron chi connectivity index (χ3n) is 5.27. The molecule has 3 rings (SSSR count). The van der Waals surface area contributed by atoms with Gasteiger partial charge in [0.15, 0.2) is 0 Å². The molecule has 142 valence electrons. The van der Waals surface area contributed by atoms with Gasteiger partial charge in [0, 0.05) is 0 Å². The number of hydrogen-bond acceptors (Lipinski definition) is 1. The Bertz CT molecular complexity index is 696. The molecule has 0 spiro atoms. The minimum absolute atomic E-state index is 0. The van der Waals surface area contributed by atoms with Crippen molar-refractivity contribution >= 4 is 23.2 Å². The molecule has 0 saturated heterocycles. The molecule has 0 amide bonds. The van der Waals surface area contributed by atoms with Gasteiger partial charge in [0.05, 0.1) is 6.10 Å². The van der Waals surface area contributed by atoms with Crippen molar-refractivity contribution in [2.45, 2.75) is 38.5 Å². The van der Waals surface area contributed by atoms with E-state index in [2.05, 4.69) is 105 Å². The van der Waals surface area contributed by atoms with Crippen molar-refractivity contribution in [2.24, 2.45) is 0 Å². The van der Waals surface area contributed by atoms with Crippen LogP contribution in [-0.4, -0.2) is 16.9 Å². The monoisotopic (exact) mass is 442 g/mol. The van der Waals surface area contributed by atoms with Crippen LogP contribution < -0.4 is 32.9 Å². The van der Waals surface area contributed by atoms with Crippen LogP contribution in [0, 0.1) is 0 Å². The predicted octanol–water partition coefficient (Wildman–Crippen LogP) is 1.53. The standard InChI is InChI=1S/C24H28OP.BrH/c1-3-23(25)24(4-2)26(20-14-8-5-9-15-20,21-16-10-6-11-17-21)22-18-12-7-13-19-22;/h5-19,23-25H,3-4H2,1-2H3;1H/q+1;/p-1. The quantitative estimate of drug-likeness (QED) is 0.550. The molecule has 0 aliphatic carbocycles. The lowest BCUT2D eigenvalue weighted by Crippen LogP contribution is -3.00. The average molecular weight is 443 g/mol. The molecule has 0 aliphatic rings. The summed E-state index contributed by atoms with van der Waals surface area (Å²) in [6, 6.07) is 32.5. The Labute approximate surface area is 174 Å². The lowest BCUT2D eigenvalue weighted by atomic mass is 10.1. The van der Waals surface area contributed by atoms with E-state index in [9.17, 15) is 5.11 Å². The van der Waals surface area contributed by atoms with E-state index in [4.69, 9.17) is 0 Å². The number of aliphatic hydroxyl groups is 1. The highest BCUT2D eigenvalue weighted by Gasteiger charge is 2.53. The lowest BCUT2D eigenvalue weighted by molar-refractivity contribution is -0.00000722. The summed E-state index contributed by atoms with van der Waals surface area (Å²) in [5, 5.41) is 15.1. The van der Waals surface area contributed by atoms with Crippen LogP contribution in [0.5, 0.6) is 0 Å². The van der Waals surface area contributed by atoms with Gasteiger partial charge in [0.25, 0.3) is 0 Å². The second kappa shape index (κ2) is 10.2. The second-order valence-corrected chi connectivity index (χ2v) is 10.3. The minimum atomic E-state index is -1.99. The molecule has 0 radical (unpaired) electrons. The van der Waals surface area contributed by atoms with E-state index in [-0.39, 0.29) is 28.7 Å². The van der Waals surface area contributed by atoms with Crippen LogP contribution in [0.25, 0.3) is 0 Å². The molecule has 1 N–H and O–H groups in total. The summed E-state index contributed by atoms with van der Waals surface area (Å²) in [4.78, 5) is 0. The number of halogens is 1. The van der Waals surface area contributed by atoms with Crippen LogP contribution in [0.15, 0.2) is 91.0 Å². The van der Waals surface area contributed by atoms with E-state index in [1.807, 2.05) is 0 Å². The molecule has 27 heavy (non-hydrogen) atoms. The molecule has 3 aromatic carbocycles. The van der Waals surface area contributed by atoms with Crippen molar-refractivity contribution < 1.29 is 22.1 Å². The first-order chi connectivity index (χ1) is 12.7. The van der Waals surface area contributed by atoms with Crippen LogP contribution in [0.3, 0.4) is 0 Å². The number of aliphatic hydroxyl groups excluding tert-OH is 1. The summed E-state index contributed by atoms with van der Waals surface area (Å²) in [6.07, 6.45) is 1.39. The lowest BCUT2D eigenvalue weighted by Gasteiger charge is -2.36. The molecule has 1 nitrogen and oxygen atoms in total. The summed E-state index contributed by atoms with van der Waals surface area (Å²) >= 11 is 0. The topological polar surface area (TPSA) is 20.2 Å². The first kappa shape index (κ1) is 21.8. The van der Waals surface area contributed by atoms with Gasteiger partial charge < -0.3 is 22.1 Å². The molecule has 0 aliphatic heterocycles. The largest absolute Gasteiger partial charge is 1.00 e. The maximum Gasteiger partial charge on any atom is 0.117 e. The van der Waals surface area contributed by atoms with Gasteiger partial charge in [0.2, 0.25) is 0 Å². The highest BCUT2D eigenvalue weighted by atomic mass is 79.9. The molecule has 0 heterocycles. The average Bonchev–Trinajstić information content (AvgIpc) is 2.73. The first-order valence-electron chi connectivity index (χ1n) is 9.48. The zero-order chi connectivity index (χ0) is 18.4. The Morgan fingerprint density at radius 1 is 0.630 bits per heavy atom. The van der Waals surface area contributed by atoms with Crippen LogP contribution in [0.2, 0.25) is 0 Å². The molecule has 0 fully saturated rings. The molecular weight excluding hydrogens is 415 g/mol. The van der Waals surface area contributed by atoms with Crippen LogP contribution in [0.4, 0.5) is 0 Å². The van der Waals surface area contributed by atoms with Crippen LogP contribution >= 0.6 is 7.26 Å². The van der Waals surface area contributed by atoms with Crippen LogP contribution in [0.1, 0.15) is 26.7 Å². The Balaban J connectivity index is 0.00000261. The summed E-state index contributed by atoms with van der Waals surface area (Å²) < 4.78 is 0. The van der Waals surface area contributed by atoms with E-state index in [1.165, 1.54) is 15.9 Å². The number of benzene rings is 3. The summed E-state index contributed by atoms with van der Waals surface area (Å²) in [5.41, 5.74) is 0.194. The summed E-state index contributed by atoms with van der Waals surface area (Å²) in [6.45, 7) is 4.30. The molecule has 2 unspecified atom stereocenters. The van der Waals surface area contributed by atoms with Crippen molar-refractivity contribution in [3.63, 3.8) is 0 Å². The predicted molar refractivity (Wildman–Crippen MR) is 116 cm³/mol. The van der Waals surface area contributed by atoms with Crippen molar-refractivity contribution in [3.05, 3.63) is 91.0 Å². The zero-order valence-corrected chi connectivity index (χ0v) is 18.5. The van der Waals surface area contributed by atoms with Gasteiger partial charge in [-0.1, -0.05) is 68.4 Å². The van der Waals surface area contributed by atoms with Gasteiger partial charge in [-0.3, -0.25) is 0 Å². The van der Waals surface area contributed by atoms with E-state index in [0.717, 1.165) is 12.8 Å². The molecular formula is C24H28BrOP. The smallest absolute Gasteiger partial charge is 0.117 e. The van der Waals surface area contributed by atoms with E-state index < -0.39 is 7.26 Å². The highest BCUT2D eigenvalue weighted by molar-refractivity contribution is 7.96. The maximum absolute atomic E-state index is 11.1. The third kappa shape index (κ3) is 4.19. The fourth-order valence-electron chi connectivity index (χ4n) is 4.09. The Morgan fingerprint density at radius 3 is 1.22 bits per heavy atom. The van der Waals surface area contributed by atoms with E-state index >= 15 is 0 Å². The third-order valence-corrected chi connectivity index (χ3v) is 10.3. The second-order valence-electron chi connectivity index (χ2n) is 6.68. The molecule has 0 aromatic heterocycles. The van der Waals surface area contributed by atoms with Crippen molar-refractivity contribution in [1.82, 2.24) is 0 Å². The van der Waals surface area contributed by atoms with Gasteiger partial charge >= 0.3 is 0 Å². The fourth-order valence-corrected chi connectivity index (χ4v) is 9.33. The van der Waals surface area contributed by atoms with Crippen LogP contribution in [-0.2, 0) is 0 Å². The van der Waals surface area contributed by atoms with Gasteiger partial charge in [-0.05, 0) is 49.2 Å². The molecule has 3 aromatic rings. The molecule has 2 atom stereocenters. The van der Waals surface area contributed by atoms with Gasteiger partial charge in [-0.25, -0.2) is 0 Å². The van der Waals surface area contributed by atoms with Gasteiger partial charge in [-0.15, -0.1) is 0 Å².